The fourth-order valence-electron chi connectivity index (χ4n) is 1.91. The lowest BCUT2D eigenvalue weighted by Crippen LogP contribution is -2.31. The van der Waals surface area contributed by atoms with Gasteiger partial charge in [-0.15, -0.1) is 0 Å². The molecule has 17 heavy (non-hydrogen) atoms. The molecule has 0 spiro atoms. The smallest absolute Gasteiger partial charge is 0.176 e. The van der Waals surface area contributed by atoms with Crippen LogP contribution >= 0.6 is 27.7 Å². The number of halogens is 1. The van der Waals surface area contributed by atoms with Gasteiger partial charge in [-0.2, -0.15) is 11.8 Å². The Morgan fingerprint density at radius 3 is 3.06 bits per heavy atom. The van der Waals surface area contributed by atoms with E-state index in [2.05, 4.69) is 20.8 Å². The molecule has 92 valence electrons. The van der Waals surface area contributed by atoms with Gasteiger partial charge in [-0.1, -0.05) is 28.1 Å². The van der Waals surface area contributed by atoms with Crippen molar-refractivity contribution in [3.63, 3.8) is 0 Å². The van der Waals surface area contributed by atoms with E-state index >= 15 is 0 Å². The van der Waals surface area contributed by atoms with Gasteiger partial charge >= 0.3 is 0 Å². The fraction of sp³-hybridized carbons (Fsp3) is 0.462. The first-order valence-electron chi connectivity index (χ1n) is 5.84. The van der Waals surface area contributed by atoms with E-state index in [-0.39, 0.29) is 5.78 Å². The number of carbonyl (C=O) groups excluding carboxylic acids is 1. The molecule has 0 bridgehead atoms. The predicted molar refractivity (Wildman–Crippen MR) is 76.9 cm³/mol. The summed E-state index contributed by atoms with van der Waals surface area (Å²) >= 11 is 5.38. The summed E-state index contributed by atoms with van der Waals surface area (Å²) in [6, 6.07) is 7.64. The molecule has 1 aromatic carbocycles. The molecule has 1 fully saturated rings. The Bertz CT molecular complexity index is 389. The summed E-state index contributed by atoms with van der Waals surface area (Å²) in [6.07, 6.45) is 1.19. The molecular formula is C13H16BrNOS. The first-order valence-corrected chi connectivity index (χ1v) is 7.79. The summed E-state index contributed by atoms with van der Waals surface area (Å²) in [5.41, 5.74) is 0.802. The largest absolute Gasteiger partial charge is 0.295 e. The maximum atomic E-state index is 12.1. The molecule has 0 saturated carbocycles. The number of nitrogens with zero attached hydrogens (tertiary/aromatic N) is 1. The van der Waals surface area contributed by atoms with E-state index in [1.54, 1.807) is 0 Å². The maximum absolute atomic E-state index is 12.1. The Morgan fingerprint density at radius 1 is 1.35 bits per heavy atom. The monoisotopic (exact) mass is 313 g/mol. The van der Waals surface area contributed by atoms with Crippen LogP contribution in [0.1, 0.15) is 16.8 Å². The van der Waals surface area contributed by atoms with E-state index in [0.29, 0.717) is 6.54 Å². The van der Waals surface area contributed by atoms with Gasteiger partial charge in [0.25, 0.3) is 0 Å². The van der Waals surface area contributed by atoms with Crippen LogP contribution in [-0.2, 0) is 0 Å². The van der Waals surface area contributed by atoms with E-state index < -0.39 is 0 Å². The molecule has 1 saturated heterocycles. The van der Waals surface area contributed by atoms with E-state index in [1.807, 2.05) is 36.0 Å². The highest BCUT2D eigenvalue weighted by Gasteiger charge is 2.14. The van der Waals surface area contributed by atoms with E-state index in [0.717, 1.165) is 28.9 Å². The molecule has 2 nitrogen and oxygen atoms in total. The summed E-state index contributed by atoms with van der Waals surface area (Å²) in [5, 5.41) is 0. The molecule has 0 N–H and O–H groups in total. The van der Waals surface area contributed by atoms with Crippen LogP contribution in [0.2, 0.25) is 0 Å². The number of hydrogen-bond acceptors (Lipinski definition) is 3. The van der Waals surface area contributed by atoms with E-state index in [9.17, 15) is 4.79 Å². The van der Waals surface area contributed by atoms with Gasteiger partial charge in [0.15, 0.2) is 5.78 Å². The zero-order chi connectivity index (χ0) is 12.1. The van der Waals surface area contributed by atoms with Crippen molar-refractivity contribution in [2.45, 2.75) is 6.42 Å². The van der Waals surface area contributed by atoms with Crippen molar-refractivity contribution in [1.82, 2.24) is 4.90 Å². The van der Waals surface area contributed by atoms with Gasteiger partial charge in [0, 0.05) is 22.3 Å². The lowest BCUT2D eigenvalue weighted by molar-refractivity contribution is 0.0936. The van der Waals surface area contributed by atoms with Gasteiger partial charge in [-0.05, 0) is 30.9 Å². The topological polar surface area (TPSA) is 20.3 Å². The van der Waals surface area contributed by atoms with Crippen LogP contribution in [0.25, 0.3) is 0 Å². The van der Waals surface area contributed by atoms with Crippen LogP contribution < -0.4 is 0 Å². The zero-order valence-corrected chi connectivity index (χ0v) is 12.1. The van der Waals surface area contributed by atoms with Gasteiger partial charge in [0.2, 0.25) is 0 Å². The van der Waals surface area contributed by atoms with Crippen molar-refractivity contribution in [2.24, 2.45) is 0 Å². The number of rotatable bonds is 3. The standard InChI is InChI=1S/C13H16BrNOS/c14-12-4-1-3-11(9-12)13(16)10-15-5-2-7-17-8-6-15/h1,3-4,9H,2,5-8,10H2. The van der Waals surface area contributed by atoms with Gasteiger partial charge in [-0.25, -0.2) is 0 Å². The third kappa shape index (κ3) is 4.12. The summed E-state index contributed by atoms with van der Waals surface area (Å²) < 4.78 is 0.967. The molecule has 1 aliphatic rings. The molecule has 2 rings (SSSR count). The van der Waals surface area contributed by atoms with Crippen molar-refractivity contribution in [1.29, 1.82) is 0 Å². The van der Waals surface area contributed by atoms with Gasteiger partial charge in [0.05, 0.1) is 6.54 Å². The second-order valence-corrected chi connectivity index (χ2v) is 6.32. The molecule has 1 heterocycles. The van der Waals surface area contributed by atoms with Crippen LogP contribution in [-0.4, -0.2) is 41.8 Å². The van der Waals surface area contributed by atoms with Gasteiger partial charge in [0.1, 0.15) is 0 Å². The number of thioether (sulfide) groups is 1. The second kappa shape index (κ2) is 6.57. The zero-order valence-electron chi connectivity index (χ0n) is 9.69. The lowest BCUT2D eigenvalue weighted by atomic mass is 10.1. The predicted octanol–water partition coefficient (Wildman–Crippen LogP) is 3.07. The van der Waals surface area contributed by atoms with Crippen molar-refractivity contribution in [2.75, 3.05) is 31.1 Å². The van der Waals surface area contributed by atoms with Gasteiger partial charge in [-0.3, -0.25) is 9.69 Å². The molecule has 1 aliphatic heterocycles. The molecule has 0 aromatic heterocycles. The number of benzene rings is 1. The first kappa shape index (κ1) is 13.1. The SMILES string of the molecule is O=C(CN1CCCSCC1)c1cccc(Br)c1. The number of carbonyl (C=O) groups is 1. The van der Waals surface area contributed by atoms with Crippen molar-refractivity contribution in [3.8, 4) is 0 Å². The molecule has 0 radical (unpaired) electrons. The number of Topliss-reactive ketones (excluding diaryl/α,β-unsaturated/α-hetero) is 1. The van der Waals surface area contributed by atoms with Crippen LogP contribution in [0.15, 0.2) is 28.7 Å². The van der Waals surface area contributed by atoms with Gasteiger partial charge < -0.3 is 0 Å². The Kier molecular flexibility index (Phi) is 5.07. The van der Waals surface area contributed by atoms with Crippen LogP contribution in [0.3, 0.4) is 0 Å². The second-order valence-electron chi connectivity index (χ2n) is 4.18. The Hall–Kier alpha value is -0.320. The highest BCUT2D eigenvalue weighted by molar-refractivity contribution is 9.10. The maximum Gasteiger partial charge on any atom is 0.176 e. The third-order valence-corrected chi connectivity index (χ3v) is 4.37. The van der Waals surface area contributed by atoms with Crippen molar-refractivity contribution in [3.05, 3.63) is 34.3 Å². The summed E-state index contributed by atoms with van der Waals surface area (Å²) in [6.45, 7) is 2.63. The lowest BCUT2D eigenvalue weighted by Gasteiger charge is -2.18. The Labute approximate surface area is 115 Å². The number of hydrogen-bond donors (Lipinski definition) is 0. The quantitative estimate of drug-likeness (QED) is 0.800. The van der Waals surface area contributed by atoms with E-state index in [4.69, 9.17) is 0 Å². The van der Waals surface area contributed by atoms with Crippen LogP contribution in [0, 0.1) is 0 Å². The molecule has 0 aliphatic carbocycles. The normalized spacial score (nSPS) is 17.7. The average Bonchev–Trinajstić information content (AvgIpc) is 2.57. The minimum Gasteiger partial charge on any atom is -0.295 e. The van der Waals surface area contributed by atoms with Crippen molar-refractivity contribution < 1.29 is 4.79 Å². The summed E-state index contributed by atoms with van der Waals surface area (Å²) in [5.74, 6) is 2.59. The molecule has 0 amide bonds. The molecule has 0 unspecified atom stereocenters. The summed E-state index contributed by atoms with van der Waals surface area (Å²) in [7, 11) is 0. The Balaban J connectivity index is 1.96. The highest BCUT2D eigenvalue weighted by atomic mass is 79.9. The molecular weight excluding hydrogens is 298 g/mol. The summed E-state index contributed by atoms with van der Waals surface area (Å²) in [4.78, 5) is 14.4. The fourth-order valence-corrected chi connectivity index (χ4v) is 3.24. The average molecular weight is 314 g/mol. The van der Waals surface area contributed by atoms with Crippen LogP contribution in [0.5, 0.6) is 0 Å². The minimum absolute atomic E-state index is 0.221. The number of ketones is 1. The third-order valence-electron chi connectivity index (χ3n) is 2.83. The molecule has 0 atom stereocenters. The van der Waals surface area contributed by atoms with E-state index in [1.165, 1.54) is 12.2 Å². The minimum atomic E-state index is 0.221. The highest BCUT2D eigenvalue weighted by Crippen LogP contribution is 2.14. The molecule has 1 aromatic rings. The Morgan fingerprint density at radius 2 is 2.24 bits per heavy atom. The molecule has 4 heteroatoms. The van der Waals surface area contributed by atoms with Crippen LogP contribution in [0.4, 0.5) is 0 Å². The first-order chi connectivity index (χ1) is 8.25. The van der Waals surface area contributed by atoms with Crippen molar-refractivity contribution >= 4 is 33.5 Å².